The number of unbranched alkanes of at least 4 members (excludes halogenated alkanes) is 3. The van der Waals surface area contributed by atoms with Crippen LogP contribution in [0.3, 0.4) is 0 Å². The van der Waals surface area contributed by atoms with Crippen LogP contribution in [0.15, 0.2) is 11.1 Å². The van der Waals surface area contributed by atoms with Crippen LogP contribution in [-0.4, -0.2) is 19.6 Å². The topological polar surface area (TPSA) is 115 Å². The molecule has 4 N–H and O–H groups in total. The minimum absolute atomic E-state index is 0.263. The quantitative estimate of drug-likeness (QED) is 0.426. The Morgan fingerprint density at radius 1 is 1.07 bits per heavy atom. The van der Waals surface area contributed by atoms with Gasteiger partial charge in [0.15, 0.2) is 0 Å². The Hall–Kier alpha value is 0.0400. The van der Waals surface area contributed by atoms with Crippen molar-refractivity contribution in [3.8, 4) is 0 Å². The van der Waals surface area contributed by atoms with Crippen LogP contribution < -0.4 is 0 Å². The van der Waals surface area contributed by atoms with Gasteiger partial charge in [0.05, 0.1) is 0 Å². The van der Waals surface area contributed by atoms with E-state index in [0.29, 0.717) is 6.42 Å². The summed E-state index contributed by atoms with van der Waals surface area (Å²) in [7, 11) is -9.70. The van der Waals surface area contributed by atoms with Gasteiger partial charge < -0.3 is 19.6 Å². The van der Waals surface area contributed by atoms with Gasteiger partial charge in [-0.2, -0.15) is 0 Å². The van der Waals surface area contributed by atoms with Crippen molar-refractivity contribution >= 4 is 15.2 Å². The van der Waals surface area contributed by atoms with Crippen molar-refractivity contribution in [3.63, 3.8) is 0 Å². The van der Waals surface area contributed by atoms with Gasteiger partial charge in [0, 0.05) is 0 Å². The molecular formula is C7H16O6P2. The molecule has 0 heterocycles. The zero-order valence-electron chi connectivity index (χ0n) is 8.41. The molecule has 0 bridgehead atoms. The maximum atomic E-state index is 10.8. The van der Waals surface area contributed by atoms with E-state index in [1.807, 2.05) is 6.92 Å². The summed E-state index contributed by atoms with van der Waals surface area (Å²) in [6.07, 6.45) is 3.65. The summed E-state index contributed by atoms with van der Waals surface area (Å²) in [6, 6.07) is 0. The van der Waals surface area contributed by atoms with Crippen molar-refractivity contribution < 1.29 is 28.7 Å². The lowest BCUT2D eigenvalue weighted by atomic mass is 10.2. The van der Waals surface area contributed by atoms with E-state index in [1.165, 1.54) is 0 Å². The summed E-state index contributed by atoms with van der Waals surface area (Å²) in [5, 5.41) is -1.06. The molecule has 0 saturated carbocycles. The second kappa shape index (κ2) is 5.94. The van der Waals surface area contributed by atoms with Crippen LogP contribution in [0.4, 0.5) is 0 Å². The maximum Gasteiger partial charge on any atom is 0.364 e. The second-order valence-electron chi connectivity index (χ2n) is 3.15. The highest BCUT2D eigenvalue weighted by atomic mass is 31.2. The number of rotatable bonds is 6. The van der Waals surface area contributed by atoms with Crippen LogP contribution in [0.5, 0.6) is 0 Å². The molecule has 0 atom stereocenters. The molecule has 0 aromatic rings. The van der Waals surface area contributed by atoms with Gasteiger partial charge in [-0.15, -0.1) is 0 Å². The molecular weight excluding hydrogens is 242 g/mol. The lowest BCUT2D eigenvalue weighted by Gasteiger charge is -2.10. The molecule has 0 radical (unpaired) electrons. The van der Waals surface area contributed by atoms with E-state index in [9.17, 15) is 9.13 Å². The van der Waals surface area contributed by atoms with Gasteiger partial charge in [0.2, 0.25) is 0 Å². The molecule has 0 aliphatic heterocycles. The Morgan fingerprint density at radius 3 is 1.87 bits per heavy atom. The first-order valence-electron chi connectivity index (χ1n) is 4.52. The third kappa shape index (κ3) is 6.25. The molecule has 0 unspecified atom stereocenters. The highest BCUT2D eigenvalue weighted by Crippen LogP contribution is 2.63. The van der Waals surface area contributed by atoms with E-state index in [-0.39, 0.29) is 6.42 Å². The first kappa shape index (κ1) is 15.0. The third-order valence-electron chi connectivity index (χ3n) is 1.73. The monoisotopic (exact) mass is 258 g/mol. The van der Waals surface area contributed by atoms with E-state index in [4.69, 9.17) is 19.6 Å². The number of hydrogen-bond donors (Lipinski definition) is 4. The van der Waals surface area contributed by atoms with Crippen LogP contribution in [0.1, 0.15) is 32.6 Å². The third-order valence-corrected chi connectivity index (χ3v) is 4.85. The minimum Gasteiger partial charge on any atom is -0.321 e. The average Bonchev–Trinajstić information content (AvgIpc) is 1.99. The average molecular weight is 258 g/mol. The summed E-state index contributed by atoms with van der Waals surface area (Å²) in [4.78, 5) is 34.9. The fourth-order valence-corrected chi connectivity index (χ4v) is 3.12. The normalized spacial score (nSPS) is 12.6. The highest BCUT2D eigenvalue weighted by Gasteiger charge is 2.35. The van der Waals surface area contributed by atoms with E-state index in [0.717, 1.165) is 18.9 Å². The van der Waals surface area contributed by atoms with Gasteiger partial charge in [-0.3, -0.25) is 9.13 Å². The van der Waals surface area contributed by atoms with Crippen molar-refractivity contribution in [2.24, 2.45) is 0 Å². The Kier molecular flexibility index (Phi) is 5.96. The molecule has 0 aliphatic carbocycles. The highest BCUT2D eigenvalue weighted by molar-refractivity contribution is 7.77. The van der Waals surface area contributed by atoms with Crippen LogP contribution >= 0.6 is 15.2 Å². The lowest BCUT2D eigenvalue weighted by molar-refractivity contribution is 0.367. The molecule has 0 spiro atoms. The Labute approximate surface area is 88.3 Å². The van der Waals surface area contributed by atoms with E-state index in [1.54, 1.807) is 0 Å². The molecule has 8 heteroatoms. The van der Waals surface area contributed by atoms with Crippen LogP contribution in [0.2, 0.25) is 0 Å². The predicted octanol–water partition coefficient (Wildman–Crippen LogP) is 1.76. The minimum atomic E-state index is -4.85. The standard InChI is InChI=1S/C7H16O6P2/c1-2-3-4-5-6-7(14(8,9)10)15(11,12)13/h6H,2-5H2,1H3,(H2,8,9,10)(H2,11,12,13). The molecule has 0 amide bonds. The fraction of sp³-hybridized carbons (Fsp3) is 0.714. The maximum absolute atomic E-state index is 10.8. The molecule has 15 heavy (non-hydrogen) atoms. The first-order valence-corrected chi connectivity index (χ1v) is 7.74. The fourth-order valence-electron chi connectivity index (χ4n) is 1.03. The first-order chi connectivity index (χ1) is 6.69. The van der Waals surface area contributed by atoms with Gasteiger partial charge in [-0.1, -0.05) is 25.8 Å². The van der Waals surface area contributed by atoms with Gasteiger partial charge in [0.1, 0.15) is 5.06 Å². The van der Waals surface area contributed by atoms with Gasteiger partial charge in [-0.05, 0) is 12.8 Å². The molecule has 0 fully saturated rings. The van der Waals surface area contributed by atoms with Gasteiger partial charge >= 0.3 is 15.2 Å². The zero-order chi connectivity index (χ0) is 12.1. The summed E-state index contributed by atoms with van der Waals surface area (Å²) >= 11 is 0. The van der Waals surface area contributed by atoms with Crippen molar-refractivity contribution in [2.75, 3.05) is 0 Å². The molecule has 0 aromatic carbocycles. The number of allylic oxidation sites excluding steroid dienone is 1. The summed E-state index contributed by atoms with van der Waals surface area (Å²) < 4.78 is 21.6. The van der Waals surface area contributed by atoms with Crippen molar-refractivity contribution in [1.82, 2.24) is 0 Å². The van der Waals surface area contributed by atoms with Crippen molar-refractivity contribution in [1.29, 1.82) is 0 Å². The molecule has 0 aromatic heterocycles. The van der Waals surface area contributed by atoms with Crippen LogP contribution in [0.25, 0.3) is 0 Å². The van der Waals surface area contributed by atoms with Crippen molar-refractivity contribution in [3.05, 3.63) is 11.1 Å². The molecule has 6 nitrogen and oxygen atoms in total. The molecule has 0 rings (SSSR count). The summed E-state index contributed by atoms with van der Waals surface area (Å²) in [5.74, 6) is 0. The smallest absolute Gasteiger partial charge is 0.321 e. The molecule has 0 saturated heterocycles. The number of hydrogen-bond acceptors (Lipinski definition) is 2. The zero-order valence-corrected chi connectivity index (χ0v) is 10.2. The van der Waals surface area contributed by atoms with E-state index < -0.39 is 20.2 Å². The van der Waals surface area contributed by atoms with Crippen LogP contribution in [0, 0.1) is 0 Å². The SMILES string of the molecule is CCCCCC=C(P(=O)(O)O)P(=O)(O)O. The van der Waals surface area contributed by atoms with E-state index in [2.05, 4.69) is 0 Å². The largest absolute Gasteiger partial charge is 0.364 e. The predicted molar refractivity (Wildman–Crippen MR) is 56.3 cm³/mol. The summed E-state index contributed by atoms with van der Waals surface area (Å²) in [6.45, 7) is 1.95. The Balaban J connectivity index is 4.68. The molecule has 0 aliphatic rings. The van der Waals surface area contributed by atoms with Gasteiger partial charge in [-0.25, -0.2) is 0 Å². The Bertz CT molecular complexity index is 287. The second-order valence-corrected chi connectivity index (χ2v) is 6.64. The lowest BCUT2D eigenvalue weighted by Crippen LogP contribution is -1.89. The van der Waals surface area contributed by atoms with Crippen molar-refractivity contribution in [2.45, 2.75) is 32.6 Å². The van der Waals surface area contributed by atoms with Crippen LogP contribution in [-0.2, 0) is 9.13 Å². The Morgan fingerprint density at radius 2 is 1.53 bits per heavy atom. The van der Waals surface area contributed by atoms with Gasteiger partial charge in [0.25, 0.3) is 0 Å². The van der Waals surface area contributed by atoms with E-state index >= 15 is 0 Å². The molecule has 90 valence electrons. The summed E-state index contributed by atoms with van der Waals surface area (Å²) in [5.41, 5.74) is 0.